The number of rotatable bonds is 8. The number of anilines is 2. The van der Waals surface area contributed by atoms with Crippen LogP contribution in [0.2, 0.25) is 5.02 Å². The number of nitrogens with two attached hydrogens (primary N) is 2. The molecule has 38 heavy (non-hydrogen) atoms. The van der Waals surface area contributed by atoms with Crippen molar-refractivity contribution in [2.24, 2.45) is 0 Å². The van der Waals surface area contributed by atoms with Crippen molar-refractivity contribution >= 4 is 34.0 Å². The van der Waals surface area contributed by atoms with Crippen LogP contribution in [0.1, 0.15) is 5.56 Å². The lowest BCUT2D eigenvalue weighted by atomic mass is 10.1. The maximum Gasteiger partial charge on any atom is 0.165 e. The quantitative estimate of drug-likeness (QED) is 0.309. The number of halogens is 3. The summed E-state index contributed by atoms with van der Waals surface area (Å²) in [5.74, 6) is -0.297. The number of fused-ring (bicyclic) bond motifs is 1. The van der Waals surface area contributed by atoms with Crippen molar-refractivity contribution in [2.45, 2.75) is 6.61 Å². The molecule has 0 aliphatic carbocycles. The maximum atomic E-state index is 15.1. The number of nitrogen functional groups attached to an aromatic ring is 2. The van der Waals surface area contributed by atoms with Gasteiger partial charge in [0.25, 0.3) is 0 Å². The molecule has 0 amide bonds. The van der Waals surface area contributed by atoms with E-state index >= 15 is 4.39 Å². The second kappa shape index (κ2) is 11.3. The molecule has 8 nitrogen and oxygen atoms in total. The largest absolute Gasteiger partial charge is 0.490 e. The van der Waals surface area contributed by atoms with Crippen LogP contribution in [0.5, 0.6) is 11.5 Å². The highest BCUT2D eigenvalue weighted by Gasteiger charge is 2.18. The minimum Gasteiger partial charge on any atom is -0.490 e. The highest BCUT2D eigenvalue weighted by molar-refractivity contribution is 6.32. The summed E-state index contributed by atoms with van der Waals surface area (Å²) in [7, 11) is 0. The number of ether oxygens (including phenoxy) is 3. The summed E-state index contributed by atoms with van der Waals surface area (Å²) in [6, 6.07) is 11.7. The zero-order valence-corrected chi connectivity index (χ0v) is 21.2. The first-order chi connectivity index (χ1) is 18.4. The van der Waals surface area contributed by atoms with E-state index in [9.17, 15) is 4.39 Å². The van der Waals surface area contributed by atoms with Gasteiger partial charge in [-0.05, 0) is 29.8 Å². The van der Waals surface area contributed by atoms with Gasteiger partial charge in [0.15, 0.2) is 5.82 Å². The molecule has 1 aromatic heterocycles. The van der Waals surface area contributed by atoms with Crippen LogP contribution in [0.3, 0.4) is 0 Å². The molecule has 0 saturated carbocycles. The summed E-state index contributed by atoms with van der Waals surface area (Å²) in [6.07, 6.45) is 0. The number of morpholine rings is 1. The van der Waals surface area contributed by atoms with E-state index in [1.165, 1.54) is 18.2 Å². The molecular formula is C27H26ClF2N5O3. The molecule has 5 rings (SSSR count). The zero-order valence-electron chi connectivity index (χ0n) is 20.4. The molecular weight excluding hydrogens is 516 g/mol. The van der Waals surface area contributed by atoms with Gasteiger partial charge in [-0.25, -0.2) is 18.7 Å². The SMILES string of the molecule is Nc1cc2c(N)nc(-c3cc(Cl)c(OCc4cccc(F)c4)cc3F)nc2cc1OCCN1CCOCC1. The summed E-state index contributed by atoms with van der Waals surface area (Å²) in [4.78, 5) is 11.0. The van der Waals surface area contributed by atoms with Crippen molar-refractivity contribution in [1.29, 1.82) is 0 Å². The third kappa shape index (κ3) is 5.88. The Bertz CT molecular complexity index is 1470. The molecule has 4 N–H and O–H groups in total. The minimum atomic E-state index is -0.653. The van der Waals surface area contributed by atoms with Crippen molar-refractivity contribution in [3.8, 4) is 22.9 Å². The van der Waals surface area contributed by atoms with Crippen LogP contribution in [-0.2, 0) is 11.3 Å². The number of benzene rings is 3. The first-order valence-corrected chi connectivity index (χ1v) is 12.4. The molecule has 0 bridgehead atoms. The van der Waals surface area contributed by atoms with Crippen molar-refractivity contribution in [1.82, 2.24) is 14.9 Å². The molecule has 1 saturated heterocycles. The van der Waals surface area contributed by atoms with Gasteiger partial charge < -0.3 is 25.7 Å². The monoisotopic (exact) mass is 541 g/mol. The van der Waals surface area contributed by atoms with E-state index in [1.54, 1.807) is 24.3 Å². The van der Waals surface area contributed by atoms with Crippen molar-refractivity contribution < 1.29 is 23.0 Å². The summed E-state index contributed by atoms with van der Waals surface area (Å²) in [5, 5.41) is 0.665. The Balaban J connectivity index is 1.37. The fourth-order valence-corrected chi connectivity index (χ4v) is 4.37. The molecule has 2 heterocycles. The van der Waals surface area contributed by atoms with Gasteiger partial charge in [0.05, 0.1) is 35.0 Å². The van der Waals surface area contributed by atoms with Gasteiger partial charge in [0.1, 0.15) is 42.2 Å². The Labute approximate surface area is 223 Å². The predicted octanol–water partition coefficient (Wildman–Crippen LogP) is 4.68. The summed E-state index contributed by atoms with van der Waals surface area (Å²) in [6.45, 7) is 4.31. The zero-order chi connectivity index (χ0) is 26.6. The highest BCUT2D eigenvalue weighted by Crippen LogP contribution is 2.35. The summed E-state index contributed by atoms with van der Waals surface area (Å²) >= 11 is 6.37. The molecule has 1 aliphatic rings. The molecule has 0 unspecified atom stereocenters. The van der Waals surface area contributed by atoms with E-state index in [2.05, 4.69) is 14.9 Å². The molecule has 198 valence electrons. The molecule has 1 aliphatic heterocycles. The normalized spacial score (nSPS) is 14.1. The maximum absolute atomic E-state index is 15.1. The molecule has 4 aromatic rings. The Morgan fingerprint density at radius 3 is 2.58 bits per heavy atom. The van der Waals surface area contributed by atoms with Crippen molar-refractivity contribution in [2.75, 3.05) is 50.9 Å². The number of nitrogens with zero attached hydrogens (tertiary/aromatic N) is 3. The smallest absolute Gasteiger partial charge is 0.165 e. The standard InChI is InChI=1S/C27H26ClF2N5O3/c28-20-11-18(21(30)13-24(20)38-15-16-2-1-3-17(29)10-16)27-33-23-14-25(22(31)12-19(23)26(32)34-27)37-9-6-35-4-7-36-8-5-35/h1-3,10-14H,4-9,15,31H2,(H2,32,33,34). The van der Waals surface area contributed by atoms with Crippen molar-refractivity contribution in [3.63, 3.8) is 0 Å². The van der Waals surface area contributed by atoms with E-state index in [0.29, 0.717) is 47.7 Å². The van der Waals surface area contributed by atoms with E-state index < -0.39 is 11.6 Å². The Morgan fingerprint density at radius 2 is 1.79 bits per heavy atom. The lowest BCUT2D eigenvalue weighted by Crippen LogP contribution is -2.38. The lowest BCUT2D eigenvalue weighted by molar-refractivity contribution is 0.0323. The average molecular weight is 542 g/mol. The Kier molecular flexibility index (Phi) is 7.73. The molecule has 0 atom stereocenters. The van der Waals surface area contributed by atoms with Gasteiger partial charge in [-0.1, -0.05) is 23.7 Å². The summed E-state index contributed by atoms with van der Waals surface area (Å²) < 4.78 is 45.5. The third-order valence-electron chi connectivity index (χ3n) is 6.17. The molecule has 0 spiro atoms. The predicted molar refractivity (Wildman–Crippen MR) is 142 cm³/mol. The van der Waals surface area contributed by atoms with Crippen LogP contribution in [-0.4, -0.2) is 54.3 Å². The topological polar surface area (TPSA) is 109 Å². The van der Waals surface area contributed by atoms with Crippen LogP contribution < -0.4 is 20.9 Å². The van der Waals surface area contributed by atoms with Crippen LogP contribution in [0.15, 0.2) is 48.5 Å². The van der Waals surface area contributed by atoms with E-state index in [4.69, 9.17) is 37.3 Å². The minimum absolute atomic E-state index is 0.0193. The first-order valence-electron chi connectivity index (χ1n) is 12.0. The van der Waals surface area contributed by atoms with E-state index in [-0.39, 0.29) is 34.6 Å². The van der Waals surface area contributed by atoms with Crippen LogP contribution in [0, 0.1) is 11.6 Å². The van der Waals surface area contributed by atoms with Gasteiger partial charge in [-0.3, -0.25) is 4.90 Å². The second-order valence-electron chi connectivity index (χ2n) is 8.82. The second-order valence-corrected chi connectivity index (χ2v) is 9.23. The van der Waals surface area contributed by atoms with Crippen molar-refractivity contribution in [3.05, 3.63) is 70.8 Å². The fraction of sp³-hybridized carbons (Fsp3) is 0.259. The van der Waals surface area contributed by atoms with Gasteiger partial charge in [0.2, 0.25) is 0 Å². The molecule has 1 fully saturated rings. The highest BCUT2D eigenvalue weighted by atomic mass is 35.5. The van der Waals surface area contributed by atoms with E-state index in [1.807, 2.05) is 0 Å². The molecule has 0 radical (unpaired) electrons. The molecule has 3 aromatic carbocycles. The van der Waals surface area contributed by atoms with Gasteiger partial charge in [-0.15, -0.1) is 0 Å². The van der Waals surface area contributed by atoms with Crippen LogP contribution in [0.25, 0.3) is 22.3 Å². The Hall–Kier alpha value is -3.73. The molecule has 11 heteroatoms. The van der Waals surface area contributed by atoms with Crippen LogP contribution in [0.4, 0.5) is 20.3 Å². The third-order valence-corrected chi connectivity index (χ3v) is 6.47. The Morgan fingerprint density at radius 1 is 0.974 bits per heavy atom. The fourth-order valence-electron chi connectivity index (χ4n) is 4.15. The number of hydrogen-bond acceptors (Lipinski definition) is 8. The average Bonchev–Trinajstić information content (AvgIpc) is 2.90. The lowest BCUT2D eigenvalue weighted by Gasteiger charge is -2.26. The number of hydrogen-bond donors (Lipinski definition) is 2. The summed E-state index contributed by atoms with van der Waals surface area (Å²) in [5.41, 5.74) is 13.8. The van der Waals surface area contributed by atoms with Gasteiger partial charge in [0, 0.05) is 37.2 Å². The van der Waals surface area contributed by atoms with Gasteiger partial charge in [-0.2, -0.15) is 0 Å². The van der Waals surface area contributed by atoms with Crippen LogP contribution >= 0.6 is 11.6 Å². The first kappa shape index (κ1) is 25.9. The number of aromatic nitrogens is 2. The van der Waals surface area contributed by atoms with E-state index in [0.717, 1.165) is 25.7 Å². The van der Waals surface area contributed by atoms with Gasteiger partial charge >= 0.3 is 0 Å².